The fourth-order valence-corrected chi connectivity index (χ4v) is 4.77. The number of amides is 1. The van der Waals surface area contributed by atoms with E-state index in [1.807, 2.05) is 72.8 Å². The fourth-order valence-electron chi connectivity index (χ4n) is 4.44. The zero-order valence-corrected chi connectivity index (χ0v) is 19.9. The summed E-state index contributed by atoms with van der Waals surface area (Å²) in [6.07, 6.45) is 5.96. The van der Waals surface area contributed by atoms with E-state index in [2.05, 4.69) is 42.3 Å². The van der Waals surface area contributed by atoms with Gasteiger partial charge in [-0.1, -0.05) is 30.3 Å². The van der Waals surface area contributed by atoms with Gasteiger partial charge in [0.15, 0.2) is 5.11 Å². The Hall–Kier alpha value is -4.04. The summed E-state index contributed by atoms with van der Waals surface area (Å²) < 4.78 is 2.19. The molecule has 5 rings (SSSR count). The van der Waals surface area contributed by atoms with Crippen molar-refractivity contribution in [3.05, 3.63) is 115 Å². The average molecular weight is 483 g/mol. The lowest BCUT2D eigenvalue weighted by Crippen LogP contribution is -2.33. The number of hydrogen-bond donors (Lipinski definition) is 2. The number of pyridine rings is 2. The van der Waals surface area contributed by atoms with Crippen molar-refractivity contribution in [2.45, 2.75) is 25.0 Å². The third kappa shape index (κ3) is 5.22. The first kappa shape index (κ1) is 22.7. The zero-order chi connectivity index (χ0) is 24.0. The summed E-state index contributed by atoms with van der Waals surface area (Å²) in [6.45, 7) is 1.12. The summed E-state index contributed by atoms with van der Waals surface area (Å²) in [5, 5.41) is 7.03. The second-order valence-corrected chi connectivity index (χ2v) is 8.75. The molecule has 1 saturated heterocycles. The Morgan fingerprint density at radius 1 is 0.943 bits per heavy atom. The van der Waals surface area contributed by atoms with Crippen LogP contribution >= 0.6 is 12.2 Å². The fraction of sp³-hybridized carbons (Fsp3) is 0.185. The second kappa shape index (κ2) is 10.5. The van der Waals surface area contributed by atoms with Crippen LogP contribution in [0.15, 0.2) is 97.5 Å². The second-order valence-electron chi connectivity index (χ2n) is 8.37. The molecule has 8 heteroatoms. The monoisotopic (exact) mass is 482 g/mol. The van der Waals surface area contributed by atoms with Crippen LogP contribution in [0.4, 0.5) is 5.69 Å². The Balaban J connectivity index is 1.41. The van der Waals surface area contributed by atoms with Gasteiger partial charge in [-0.2, -0.15) is 0 Å². The SMILES string of the molecule is O=C(CCN1C(=S)N[C@@H](c2ccccn2)[C@@H]1c1cccn1Cc1ccccn1)Nc1ccccc1. The maximum atomic E-state index is 12.7. The molecule has 176 valence electrons. The average Bonchev–Trinajstić information content (AvgIpc) is 3.47. The van der Waals surface area contributed by atoms with E-state index in [9.17, 15) is 4.79 Å². The number of para-hydroxylation sites is 1. The van der Waals surface area contributed by atoms with Gasteiger partial charge in [0.25, 0.3) is 0 Å². The first-order valence-corrected chi connectivity index (χ1v) is 12.0. The van der Waals surface area contributed by atoms with Crippen molar-refractivity contribution in [3.8, 4) is 0 Å². The van der Waals surface area contributed by atoms with Crippen molar-refractivity contribution in [2.75, 3.05) is 11.9 Å². The maximum Gasteiger partial charge on any atom is 0.226 e. The molecule has 1 aliphatic rings. The number of aromatic nitrogens is 3. The van der Waals surface area contributed by atoms with Crippen LogP contribution in [0, 0.1) is 0 Å². The molecule has 0 bridgehead atoms. The van der Waals surface area contributed by atoms with E-state index in [0.717, 1.165) is 22.8 Å². The highest BCUT2D eigenvalue weighted by Gasteiger charge is 2.41. The van der Waals surface area contributed by atoms with Crippen LogP contribution in [0.3, 0.4) is 0 Å². The number of carbonyl (C=O) groups is 1. The standard InChI is InChI=1S/C27H26N6OS/c34-24(30-20-9-2-1-3-10-20)14-18-33-26(25(31-27(33)35)22-12-5-7-16-29-22)23-13-8-17-32(23)19-21-11-4-6-15-28-21/h1-13,15-17,25-26H,14,18-19H2,(H,30,34)(H,31,35)/t25-,26-/m0/s1. The highest BCUT2D eigenvalue weighted by atomic mass is 32.1. The molecule has 1 aromatic carbocycles. The molecular formula is C27H26N6OS. The van der Waals surface area contributed by atoms with E-state index in [-0.39, 0.29) is 18.0 Å². The molecule has 3 aromatic heterocycles. The molecule has 35 heavy (non-hydrogen) atoms. The van der Waals surface area contributed by atoms with Gasteiger partial charge < -0.3 is 20.1 Å². The molecule has 1 fully saturated rings. The summed E-state index contributed by atoms with van der Waals surface area (Å²) in [4.78, 5) is 23.9. The Morgan fingerprint density at radius 3 is 2.46 bits per heavy atom. The highest BCUT2D eigenvalue weighted by molar-refractivity contribution is 7.80. The van der Waals surface area contributed by atoms with Crippen molar-refractivity contribution in [2.24, 2.45) is 0 Å². The lowest BCUT2D eigenvalue weighted by molar-refractivity contribution is -0.116. The van der Waals surface area contributed by atoms with Gasteiger partial charge in [-0.05, 0) is 60.7 Å². The smallest absolute Gasteiger partial charge is 0.226 e. The van der Waals surface area contributed by atoms with Gasteiger partial charge in [-0.25, -0.2) is 0 Å². The minimum absolute atomic E-state index is 0.0529. The number of nitrogens with zero attached hydrogens (tertiary/aromatic N) is 4. The van der Waals surface area contributed by atoms with Gasteiger partial charge >= 0.3 is 0 Å². The number of nitrogens with one attached hydrogen (secondary N) is 2. The van der Waals surface area contributed by atoms with Crippen LogP contribution in [-0.4, -0.2) is 37.0 Å². The number of carbonyl (C=O) groups excluding carboxylic acids is 1. The van der Waals surface area contributed by atoms with Gasteiger partial charge in [0.2, 0.25) is 5.91 Å². The predicted molar refractivity (Wildman–Crippen MR) is 140 cm³/mol. The van der Waals surface area contributed by atoms with Crippen LogP contribution in [0.2, 0.25) is 0 Å². The molecule has 2 N–H and O–H groups in total. The lowest BCUT2D eigenvalue weighted by Gasteiger charge is -2.28. The van der Waals surface area contributed by atoms with E-state index in [4.69, 9.17) is 12.2 Å². The predicted octanol–water partition coefficient (Wildman–Crippen LogP) is 4.33. The van der Waals surface area contributed by atoms with Crippen LogP contribution in [0.1, 0.15) is 35.6 Å². The third-order valence-corrected chi connectivity index (χ3v) is 6.41. The molecule has 4 aromatic rings. The van der Waals surface area contributed by atoms with Crippen LogP contribution < -0.4 is 10.6 Å². The van der Waals surface area contributed by atoms with Crippen LogP contribution in [0.5, 0.6) is 0 Å². The molecule has 1 amide bonds. The number of anilines is 1. The molecule has 4 heterocycles. The van der Waals surface area contributed by atoms with Crippen molar-refractivity contribution < 1.29 is 4.79 Å². The number of hydrogen-bond acceptors (Lipinski definition) is 4. The topological polar surface area (TPSA) is 75.1 Å². The molecule has 0 aliphatic carbocycles. The summed E-state index contributed by atoms with van der Waals surface area (Å²) in [6, 6.07) is 25.2. The summed E-state index contributed by atoms with van der Waals surface area (Å²) >= 11 is 5.76. The van der Waals surface area contributed by atoms with Gasteiger partial charge in [-0.3, -0.25) is 14.8 Å². The van der Waals surface area contributed by atoms with E-state index in [1.54, 1.807) is 12.4 Å². The van der Waals surface area contributed by atoms with Crippen molar-refractivity contribution in [1.29, 1.82) is 0 Å². The van der Waals surface area contributed by atoms with E-state index >= 15 is 0 Å². The molecular weight excluding hydrogens is 456 g/mol. The molecule has 2 atom stereocenters. The highest BCUT2D eigenvalue weighted by Crippen LogP contribution is 2.39. The van der Waals surface area contributed by atoms with Crippen molar-refractivity contribution in [1.82, 2.24) is 24.8 Å². The zero-order valence-electron chi connectivity index (χ0n) is 19.1. The van der Waals surface area contributed by atoms with Gasteiger partial charge in [0, 0.05) is 42.9 Å². The Kier molecular flexibility index (Phi) is 6.81. The summed E-state index contributed by atoms with van der Waals surface area (Å²) in [7, 11) is 0. The van der Waals surface area contributed by atoms with E-state index in [0.29, 0.717) is 24.6 Å². The van der Waals surface area contributed by atoms with Crippen molar-refractivity contribution >= 4 is 28.9 Å². The quantitative estimate of drug-likeness (QED) is 0.364. The van der Waals surface area contributed by atoms with E-state index in [1.165, 1.54) is 0 Å². The minimum atomic E-state index is -0.140. The van der Waals surface area contributed by atoms with E-state index < -0.39 is 0 Å². The Labute approximate surface area is 209 Å². The number of benzene rings is 1. The number of rotatable bonds is 8. The summed E-state index contributed by atoms with van der Waals surface area (Å²) in [5.41, 5.74) is 3.75. The largest absolute Gasteiger partial charge is 0.352 e. The summed E-state index contributed by atoms with van der Waals surface area (Å²) in [5.74, 6) is -0.0529. The minimum Gasteiger partial charge on any atom is -0.352 e. The molecule has 7 nitrogen and oxygen atoms in total. The maximum absolute atomic E-state index is 12.7. The first-order valence-electron chi connectivity index (χ1n) is 11.6. The van der Waals surface area contributed by atoms with Crippen LogP contribution in [0.25, 0.3) is 0 Å². The Bertz CT molecular complexity index is 1280. The van der Waals surface area contributed by atoms with Gasteiger partial charge in [0.1, 0.15) is 0 Å². The third-order valence-electron chi connectivity index (χ3n) is 6.06. The molecule has 0 unspecified atom stereocenters. The van der Waals surface area contributed by atoms with Crippen LogP contribution in [-0.2, 0) is 11.3 Å². The van der Waals surface area contributed by atoms with Gasteiger partial charge in [0.05, 0.1) is 30.0 Å². The first-order chi connectivity index (χ1) is 17.2. The number of thiocarbonyl (C=S) groups is 1. The normalized spacial score (nSPS) is 17.3. The Morgan fingerprint density at radius 2 is 1.71 bits per heavy atom. The molecule has 0 radical (unpaired) electrons. The van der Waals surface area contributed by atoms with Crippen molar-refractivity contribution in [3.63, 3.8) is 0 Å². The lowest BCUT2D eigenvalue weighted by atomic mass is 10.0. The molecule has 0 spiro atoms. The molecule has 0 saturated carbocycles. The van der Waals surface area contributed by atoms with Gasteiger partial charge in [-0.15, -0.1) is 0 Å². The molecule has 1 aliphatic heterocycles.